The van der Waals surface area contributed by atoms with Crippen LogP contribution in [0.15, 0.2) is 24.3 Å². The predicted octanol–water partition coefficient (Wildman–Crippen LogP) is 14.3. The highest BCUT2D eigenvalue weighted by Gasteiger charge is 2.31. The zero-order chi connectivity index (χ0) is 32.4. The second kappa shape index (κ2) is 47.8. The maximum atomic E-state index is 12.3. The Morgan fingerprint density at radius 1 is 0.429 bits per heavy atom. The molecule has 0 aliphatic heterocycles. The fourth-order valence-electron chi connectivity index (χ4n) is 5.33. The summed E-state index contributed by atoms with van der Waals surface area (Å²) in [7, 11) is 0. The molecule has 0 saturated carbocycles. The number of carbonyl (C=O) groups is 2. The molecule has 0 aliphatic rings. The third-order valence-electron chi connectivity index (χ3n) is 8.35. The first-order valence-corrected chi connectivity index (χ1v) is 19.0. The lowest BCUT2D eigenvalue weighted by atomic mass is 10.1. The molecular weight excluding hydrogens is 724 g/mol. The Kier molecular flexibility index (Phi) is 59.4. The van der Waals surface area contributed by atoms with E-state index >= 15 is 0 Å². The van der Waals surface area contributed by atoms with Gasteiger partial charge in [0.25, 0.3) is 0 Å². The number of hydrogen-bond acceptors (Lipinski definition) is 5. The highest BCUT2D eigenvalue weighted by molar-refractivity contribution is 5.86. The highest BCUT2D eigenvalue weighted by atomic mass is 35.5. The van der Waals surface area contributed by atoms with Gasteiger partial charge in [-0.05, 0) is 64.2 Å². The molecule has 0 aliphatic carbocycles. The molecule has 0 spiro atoms. The van der Waals surface area contributed by atoms with Crippen LogP contribution in [-0.4, -0.2) is 17.8 Å². The average molecular weight is 802 g/mol. The van der Waals surface area contributed by atoms with E-state index in [9.17, 15) is 9.59 Å². The third-order valence-corrected chi connectivity index (χ3v) is 8.35. The molecule has 0 atom stereocenters. The van der Waals surface area contributed by atoms with Gasteiger partial charge >= 0.3 is 17.8 Å². The lowest BCUT2D eigenvalue weighted by Crippen LogP contribution is -2.48. The molecule has 0 aromatic carbocycles. The molecule has 2 N–H and O–H groups in total. The van der Waals surface area contributed by atoms with Crippen LogP contribution in [0.2, 0.25) is 0 Å². The van der Waals surface area contributed by atoms with Crippen LogP contribution in [0.1, 0.15) is 207 Å². The van der Waals surface area contributed by atoms with E-state index in [2.05, 4.69) is 38.2 Å². The number of halogens is 5. The van der Waals surface area contributed by atoms with Crippen molar-refractivity contribution in [3.63, 3.8) is 0 Å². The number of rotatable bonds is 33. The molecule has 0 heterocycles. The van der Waals surface area contributed by atoms with Gasteiger partial charge in [0.2, 0.25) is 0 Å². The van der Waals surface area contributed by atoms with Crippen LogP contribution in [0, 0.1) is 0 Å². The third kappa shape index (κ3) is 45.8. The summed E-state index contributed by atoms with van der Waals surface area (Å²) in [5, 5.41) is 0. The quantitative estimate of drug-likeness (QED) is 0.0309. The van der Waals surface area contributed by atoms with Crippen LogP contribution in [0.3, 0.4) is 0 Å². The minimum atomic E-state index is -1.65. The Balaban J connectivity index is -0.000000924. The summed E-state index contributed by atoms with van der Waals surface area (Å²) in [6, 6.07) is 0. The number of allylic oxidation sites excluding steroid dienone is 4. The molecule has 5 nitrogen and oxygen atoms in total. The Morgan fingerprint density at radius 3 is 0.939 bits per heavy atom. The molecule has 10 heteroatoms. The van der Waals surface area contributed by atoms with Crippen LogP contribution < -0.4 is 5.73 Å². The van der Waals surface area contributed by atoms with Crippen molar-refractivity contribution in [2.45, 2.75) is 213 Å². The van der Waals surface area contributed by atoms with Gasteiger partial charge < -0.3 is 9.47 Å². The molecule has 0 amide bonds. The first kappa shape index (κ1) is 60.9. The Labute approximate surface area is 334 Å². The zero-order valence-electron chi connectivity index (χ0n) is 31.6. The minimum Gasteiger partial charge on any atom is -0.409 e. The maximum absolute atomic E-state index is 12.3. The van der Waals surface area contributed by atoms with E-state index in [4.69, 9.17) is 15.2 Å². The summed E-state index contributed by atoms with van der Waals surface area (Å²) < 4.78 is 10.8. The van der Waals surface area contributed by atoms with E-state index in [1.165, 1.54) is 116 Å². The van der Waals surface area contributed by atoms with Crippen LogP contribution in [0.25, 0.3) is 0 Å². The van der Waals surface area contributed by atoms with Crippen LogP contribution in [0.5, 0.6) is 0 Å². The lowest BCUT2D eigenvalue weighted by molar-refractivity contribution is -0.228. The predicted molar refractivity (Wildman–Crippen MR) is 225 cm³/mol. The largest absolute Gasteiger partial charge is 0.409 e. The highest BCUT2D eigenvalue weighted by Crippen LogP contribution is 2.17. The number of esters is 2. The first-order valence-electron chi connectivity index (χ1n) is 19.0. The van der Waals surface area contributed by atoms with Crippen molar-refractivity contribution in [3.8, 4) is 0 Å². The fourth-order valence-corrected chi connectivity index (χ4v) is 5.33. The summed E-state index contributed by atoms with van der Waals surface area (Å²) in [4.78, 5) is 24.7. The van der Waals surface area contributed by atoms with E-state index in [0.717, 1.165) is 51.4 Å². The molecule has 0 fully saturated rings. The Bertz CT molecular complexity index is 672. The molecule has 0 saturated heterocycles. The van der Waals surface area contributed by atoms with Crippen molar-refractivity contribution in [1.82, 2.24) is 0 Å². The average Bonchev–Trinajstić information content (AvgIpc) is 3.01. The van der Waals surface area contributed by atoms with Gasteiger partial charge in [0.15, 0.2) is 0 Å². The molecule has 0 aromatic rings. The normalized spacial score (nSPS) is 10.8. The van der Waals surface area contributed by atoms with Crippen molar-refractivity contribution < 1.29 is 19.1 Å². The van der Waals surface area contributed by atoms with Gasteiger partial charge in [0.1, 0.15) is 0 Å². The standard InChI is InChI=1S/C39H73NO4.5ClH/c1-4-7-9-11-13-15-17-19-21-23-25-27-29-31-33-35-37(41)43-39(40,6-3)44-38(42)36-34-32-30-28-26-24-22-20-18-16-14-12-10-8-5-2;;;;;/h19-22H,4-18,23-36,40H2,1-3H3;5*1H/b21-19-,22-20-;;;;;. The molecule has 0 aromatic heterocycles. The van der Waals surface area contributed by atoms with E-state index in [-0.39, 0.29) is 80.4 Å². The minimum absolute atomic E-state index is 0. The molecule has 0 rings (SSSR count). The smallest absolute Gasteiger partial charge is 0.315 e. The monoisotopic (exact) mass is 799 g/mol. The number of carbonyl (C=O) groups excluding carboxylic acids is 2. The van der Waals surface area contributed by atoms with E-state index in [0.29, 0.717) is 12.8 Å². The fraction of sp³-hybridized carbons (Fsp3) is 0.846. The second-order valence-electron chi connectivity index (χ2n) is 12.8. The number of ether oxygens (including phenoxy) is 2. The van der Waals surface area contributed by atoms with Crippen molar-refractivity contribution in [1.29, 1.82) is 0 Å². The first-order chi connectivity index (χ1) is 21.5. The Hall–Kier alpha value is -0.170. The van der Waals surface area contributed by atoms with Gasteiger partial charge in [0, 0.05) is 19.3 Å². The van der Waals surface area contributed by atoms with Gasteiger partial charge in [-0.2, -0.15) is 0 Å². The number of hydrogen-bond donors (Lipinski definition) is 1. The van der Waals surface area contributed by atoms with E-state index < -0.39 is 5.91 Å². The second-order valence-corrected chi connectivity index (χ2v) is 12.8. The van der Waals surface area contributed by atoms with Crippen molar-refractivity contribution >= 4 is 74.0 Å². The van der Waals surface area contributed by atoms with E-state index in [1.807, 2.05) is 0 Å². The van der Waals surface area contributed by atoms with Gasteiger partial charge in [-0.3, -0.25) is 15.3 Å². The molecule has 0 bridgehead atoms. The summed E-state index contributed by atoms with van der Waals surface area (Å²) >= 11 is 0. The summed E-state index contributed by atoms with van der Waals surface area (Å²) in [6.07, 6.45) is 41.7. The van der Waals surface area contributed by atoms with Crippen molar-refractivity contribution in [3.05, 3.63) is 24.3 Å². The molecule has 49 heavy (non-hydrogen) atoms. The molecule has 0 unspecified atom stereocenters. The zero-order valence-corrected chi connectivity index (χ0v) is 35.6. The van der Waals surface area contributed by atoms with Crippen LogP contribution in [0.4, 0.5) is 0 Å². The molecule has 0 radical (unpaired) electrons. The summed E-state index contributed by atoms with van der Waals surface area (Å²) in [5.74, 6) is -2.43. The maximum Gasteiger partial charge on any atom is 0.315 e. The molecular formula is C39H78Cl5NO4. The van der Waals surface area contributed by atoms with Gasteiger partial charge in [-0.1, -0.05) is 148 Å². The van der Waals surface area contributed by atoms with Crippen molar-refractivity contribution in [2.75, 3.05) is 0 Å². The molecule has 298 valence electrons. The van der Waals surface area contributed by atoms with Gasteiger partial charge in [-0.25, -0.2) is 0 Å². The summed E-state index contributed by atoms with van der Waals surface area (Å²) in [6.45, 7) is 6.29. The van der Waals surface area contributed by atoms with Crippen LogP contribution in [-0.2, 0) is 19.1 Å². The van der Waals surface area contributed by atoms with Crippen molar-refractivity contribution in [2.24, 2.45) is 5.73 Å². The van der Waals surface area contributed by atoms with Crippen LogP contribution >= 0.6 is 62.0 Å². The van der Waals surface area contributed by atoms with Gasteiger partial charge in [-0.15, -0.1) is 62.0 Å². The number of nitrogens with two attached hydrogens (primary N) is 1. The number of unbranched alkanes of at least 4 members (excludes halogenated alkanes) is 22. The van der Waals surface area contributed by atoms with Gasteiger partial charge in [0.05, 0.1) is 0 Å². The summed E-state index contributed by atoms with van der Waals surface area (Å²) in [5.41, 5.74) is 6.11. The topological polar surface area (TPSA) is 78.6 Å². The Morgan fingerprint density at radius 2 is 0.673 bits per heavy atom. The lowest BCUT2D eigenvalue weighted by Gasteiger charge is -2.27. The SMILES string of the molecule is CCCCCCCC/C=C\CCCCCCCC(=O)OC(N)(CC)OC(=O)CCCCCCC/C=C\CCCCCCCC.Cl.Cl.Cl.Cl.Cl. The van der Waals surface area contributed by atoms with E-state index in [1.54, 1.807) is 6.92 Å².